The molecular weight excluding hydrogens is 478 g/mol. The molecule has 0 atom stereocenters. The van der Waals surface area contributed by atoms with Crippen LogP contribution in [0.15, 0.2) is 60.8 Å². The van der Waals surface area contributed by atoms with Gasteiger partial charge in [0.2, 0.25) is 0 Å². The van der Waals surface area contributed by atoms with Gasteiger partial charge in [0.05, 0.1) is 31.6 Å². The average Bonchev–Trinajstić information content (AvgIpc) is 3.44. The Bertz CT molecular complexity index is 1360. The molecule has 1 aromatic heterocycles. The van der Waals surface area contributed by atoms with Crippen molar-refractivity contribution in [3.8, 4) is 28.4 Å². The van der Waals surface area contributed by atoms with Gasteiger partial charge in [-0.15, -0.1) is 0 Å². The van der Waals surface area contributed by atoms with Crippen molar-refractivity contribution >= 4 is 28.2 Å². The number of nitrogens with zero attached hydrogens (tertiary/aromatic N) is 2. The Morgan fingerprint density at radius 1 is 0.944 bits per heavy atom. The van der Waals surface area contributed by atoms with Crippen LogP contribution in [0.25, 0.3) is 22.0 Å². The first kappa shape index (κ1) is 24.2. The molecule has 5 rings (SSSR count). The minimum atomic E-state index is 0.133. The Morgan fingerprint density at radius 3 is 2.61 bits per heavy atom. The van der Waals surface area contributed by atoms with Crippen LogP contribution in [0.5, 0.6) is 17.2 Å². The van der Waals surface area contributed by atoms with Gasteiger partial charge in [0.25, 0.3) is 0 Å². The lowest BCUT2D eigenvalue weighted by molar-refractivity contribution is -0.242. The van der Waals surface area contributed by atoms with E-state index in [1.54, 1.807) is 26.5 Å². The number of hydrogen-bond donors (Lipinski definition) is 1. The first-order valence-electron chi connectivity index (χ1n) is 12.0. The molecule has 0 unspecified atom stereocenters. The summed E-state index contributed by atoms with van der Waals surface area (Å²) >= 11 is 6.33. The van der Waals surface area contributed by atoms with Crippen molar-refractivity contribution in [3.63, 3.8) is 0 Å². The third-order valence-electron chi connectivity index (χ3n) is 6.43. The normalized spacial score (nSPS) is 13.6. The highest BCUT2D eigenvalue weighted by molar-refractivity contribution is 6.31. The van der Waals surface area contributed by atoms with Gasteiger partial charge in [-0.25, -0.2) is 0 Å². The second-order valence-corrected chi connectivity index (χ2v) is 9.18. The fourth-order valence-corrected chi connectivity index (χ4v) is 4.63. The van der Waals surface area contributed by atoms with E-state index in [2.05, 4.69) is 15.5 Å². The van der Waals surface area contributed by atoms with Crippen LogP contribution in [0.4, 0.5) is 5.69 Å². The van der Waals surface area contributed by atoms with Gasteiger partial charge < -0.3 is 19.7 Å². The van der Waals surface area contributed by atoms with Crippen LogP contribution >= 0.6 is 11.6 Å². The predicted molar refractivity (Wildman–Crippen MR) is 141 cm³/mol. The Balaban J connectivity index is 1.39. The first-order valence-corrected chi connectivity index (χ1v) is 12.4. The molecule has 0 radical (unpaired) electrons. The van der Waals surface area contributed by atoms with E-state index in [1.165, 1.54) is 12.8 Å². The standard InChI is InChI=1S/C28H28ClN3O4/c1-33-22-10-7-19(28(15-22)34-2)16-30-26-17-31-32-25-13-18(8-11-23(25)26)24-14-20(29)9-12-27(24)36-35-21-5-3-4-6-21/h7-15,17,21H,3-6,16H2,1-2H3,(H,30,32). The SMILES string of the molecule is COc1ccc(CNc2cnnc3cc(-c4cc(Cl)ccc4OOC4CCCC4)ccc23)c(OC)c1. The monoisotopic (exact) mass is 505 g/mol. The van der Waals surface area contributed by atoms with E-state index in [1.807, 2.05) is 48.5 Å². The topological polar surface area (TPSA) is 74.7 Å². The van der Waals surface area contributed by atoms with E-state index >= 15 is 0 Å². The molecule has 1 N–H and O–H groups in total. The van der Waals surface area contributed by atoms with Gasteiger partial charge in [0.1, 0.15) is 17.6 Å². The predicted octanol–water partition coefficient (Wildman–Crippen LogP) is 6.83. The van der Waals surface area contributed by atoms with Crippen molar-refractivity contribution in [2.24, 2.45) is 0 Å². The highest BCUT2D eigenvalue weighted by atomic mass is 35.5. The number of methoxy groups -OCH3 is 2. The second-order valence-electron chi connectivity index (χ2n) is 8.75. The summed E-state index contributed by atoms with van der Waals surface area (Å²) in [7, 11) is 3.28. The summed E-state index contributed by atoms with van der Waals surface area (Å²) in [4.78, 5) is 11.5. The molecule has 0 amide bonds. The molecule has 36 heavy (non-hydrogen) atoms. The third-order valence-corrected chi connectivity index (χ3v) is 6.67. The third kappa shape index (κ3) is 5.32. The molecule has 186 valence electrons. The van der Waals surface area contributed by atoms with Crippen molar-refractivity contribution in [2.75, 3.05) is 19.5 Å². The summed E-state index contributed by atoms with van der Waals surface area (Å²) in [6.07, 6.45) is 6.24. The molecular formula is C28H28ClN3O4. The van der Waals surface area contributed by atoms with Crippen molar-refractivity contribution in [3.05, 3.63) is 71.4 Å². The summed E-state index contributed by atoms with van der Waals surface area (Å²) in [6.45, 7) is 0.556. The molecule has 4 aromatic rings. The lowest BCUT2D eigenvalue weighted by Gasteiger charge is -2.15. The number of anilines is 1. The van der Waals surface area contributed by atoms with Crippen LogP contribution in [-0.2, 0) is 11.4 Å². The van der Waals surface area contributed by atoms with Crippen molar-refractivity contribution in [1.29, 1.82) is 0 Å². The summed E-state index contributed by atoms with van der Waals surface area (Å²) in [5.41, 5.74) is 4.38. The molecule has 1 saturated carbocycles. The van der Waals surface area contributed by atoms with Crippen LogP contribution < -0.4 is 19.7 Å². The van der Waals surface area contributed by atoms with E-state index in [-0.39, 0.29) is 6.10 Å². The molecule has 7 nitrogen and oxygen atoms in total. The molecule has 1 aliphatic carbocycles. The van der Waals surface area contributed by atoms with Gasteiger partial charge in [0, 0.05) is 34.1 Å². The second kappa shape index (κ2) is 11.0. The van der Waals surface area contributed by atoms with E-state index in [0.717, 1.165) is 57.6 Å². The molecule has 0 spiro atoms. The average molecular weight is 506 g/mol. The van der Waals surface area contributed by atoms with Gasteiger partial charge >= 0.3 is 0 Å². The van der Waals surface area contributed by atoms with E-state index in [9.17, 15) is 0 Å². The van der Waals surface area contributed by atoms with Crippen molar-refractivity contribution in [2.45, 2.75) is 38.3 Å². The fourth-order valence-electron chi connectivity index (χ4n) is 4.46. The molecule has 1 aliphatic rings. The van der Waals surface area contributed by atoms with Gasteiger partial charge in [-0.3, -0.25) is 0 Å². The Morgan fingerprint density at radius 2 is 1.81 bits per heavy atom. The van der Waals surface area contributed by atoms with Gasteiger partial charge in [-0.05, 0) is 60.9 Å². The van der Waals surface area contributed by atoms with Gasteiger partial charge in [-0.1, -0.05) is 30.5 Å². The number of ether oxygens (including phenoxy) is 2. The van der Waals surface area contributed by atoms with Crippen molar-refractivity contribution < 1.29 is 19.2 Å². The number of aromatic nitrogens is 2. The van der Waals surface area contributed by atoms with E-state index in [4.69, 9.17) is 30.8 Å². The molecule has 3 aromatic carbocycles. The van der Waals surface area contributed by atoms with Crippen LogP contribution in [0, 0.1) is 0 Å². The fraction of sp³-hybridized carbons (Fsp3) is 0.286. The van der Waals surface area contributed by atoms with Crippen LogP contribution in [0.3, 0.4) is 0 Å². The molecule has 0 saturated heterocycles. The van der Waals surface area contributed by atoms with Crippen LogP contribution in [0.2, 0.25) is 5.02 Å². The zero-order valence-electron chi connectivity index (χ0n) is 20.3. The lowest BCUT2D eigenvalue weighted by atomic mass is 10.0. The summed E-state index contributed by atoms with van der Waals surface area (Å²) in [5, 5.41) is 13.6. The van der Waals surface area contributed by atoms with Crippen LogP contribution in [-0.4, -0.2) is 30.5 Å². The maximum atomic E-state index is 6.33. The first-order chi connectivity index (χ1) is 17.6. The Labute approximate surface area is 215 Å². The Hall–Kier alpha value is -3.55. The highest BCUT2D eigenvalue weighted by Gasteiger charge is 2.19. The largest absolute Gasteiger partial charge is 0.497 e. The van der Waals surface area contributed by atoms with E-state index in [0.29, 0.717) is 17.3 Å². The molecule has 8 heteroatoms. The zero-order chi connectivity index (χ0) is 24.9. The quantitative estimate of drug-likeness (QED) is 0.197. The van der Waals surface area contributed by atoms with Crippen LogP contribution in [0.1, 0.15) is 31.2 Å². The van der Waals surface area contributed by atoms with Gasteiger partial charge in [-0.2, -0.15) is 15.1 Å². The lowest BCUT2D eigenvalue weighted by Crippen LogP contribution is -2.10. The maximum Gasteiger partial charge on any atom is 0.173 e. The number of nitrogens with one attached hydrogen (secondary N) is 1. The van der Waals surface area contributed by atoms with Gasteiger partial charge in [0.15, 0.2) is 5.75 Å². The minimum Gasteiger partial charge on any atom is -0.497 e. The zero-order valence-corrected chi connectivity index (χ0v) is 21.0. The number of rotatable bonds is 9. The smallest absolute Gasteiger partial charge is 0.173 e. The van der Waals surface area contributed by atoms with Crippen molar-refractivity contribution in [1.82, 2.24) is 10.2 Å². The number of halogens is 1. The number of fused-ring (bicyclic) bond motifs is 1. The summed E-state index contributed by atoms with van der Waals surface area (Å²) in [5.74, 6) is 2.13. The number of benzene rings is 3. The summed E-state index contributed by atoms with van der Waals surface area (Å²) < 4.78 is 10.8. The molecule has 0 bridgehead atoms. The molecule has 1 heterocycles. The van der Waals surface area contributed by atoms with E-state index < -0.39 is 0 Å². The summed E-state index contributed by atoms with van der Waals surface area (Å²) in [6, 6.07) is 17.3. The maximum absolute atomic E-state index is 6.33. The minimum absolute atomic E-state index is 0.133. The highest BCUT2D eigenvalue weighted by Crippen LogP contribution is 2.36. The molecule has 1 fully saturated rings. The molecule has 0 aliphatic heterocycles. The Kier molecular flexibility index (Phi) is 7.39. The number of hydrogen-bond acceptors (Lipinski definition) is 7.